The topological polar surface area (TPSA) is 55.8 Å². The van der Waals surface area contributed by atoms with E-state index in [0.717, 1.165) is 9.99 Å². The summed E-state index contributed by atoms with van der Waals surface area (Å²) in [5, 5.41) is 9.02. The van der Waals surface area contributed by atoms with Crippen molar-refractivity contribution in [2.24, 2.45) is 0 Å². The first-order chi connectivity index (χ1) is 8.15. The lowest BCUT2D eigenvalue weighted by molar-refractivity contribution is 0.0691. The standard InChI is InChI=1S/C12H15IO4/c1-2-16-6-3-7-17-11-5-4-9(13)8-10(11)12(14)15/h4-5,8H,2-3,6-7H2,1H3,(H,14,15). The van der Waals surface area contributed by atoms with Crippen LogP contribution >= 0.6 is 22.6 Å². The van der Waals surface area contributed by atoms with Gasteiger partial charge < -0.3 is 14.6 Å². The Balaban J connectivity index is 2.55. The van der Waals surface area contributed by atoms with E-state index < -0.39 is 5.97 Å². The third-order valence-corrected chi connectivity index (χ3v) is 2.74. The molecule has 0 aliphatic heterocycles. The second-order valence-electron chi connectivity index (χ2n) is 3.34. The Labute approximate surface area is 114 Å². The number of carboxylic acid groups (broad SMARTS) is 1. The summed E-state index contributed by atoms with van der Waals surface area (Å²) in [6.45, 7) is 3.70. The first kappa shape index (κ1) is 14.2. The largest absolute Gasteiger partial charge is 0.493 e. The number of ether oxygens (including phenoxy) is 2. The van der Waals surface area contributed by atoms with Crippen LogP contribution in [0.5, 0.6) is 5.75 Å². The highest BCUT2D eigenvalue weighted by Gasteiger charge is 2.11. The minimum atomic E-state index is -0.969. The number of hydrogen-bond donors (Lipinski definition) is 1. The van der Waals surface area contributed by atoms with Gasteiger partial charge in [-0.15, -0.1) is 0 Å². The van der Waals surface area contributed by atoms with Gasteiger partial charge in [-0.05, 0) is 47.7 Å². The van der Waals surface area contributed by atoms with E-state index in [2.05, 4.69) is 22.6 Å². The maximum absolute atomic E-state index is 11.0. The zero-order chi connectivity index (χ0) is 12.7. The number of aromatic carboxylic acids is 1. The molecule has 0 unspecified atom stereocenters. The lowest BCUT2D eigenvalue weighted by Gasteiger charge is -2.09. The molecule has 94 valence electrons. The molecule has 0 amide bonds. The first-order valence-electron chi connectivity index (χ1n) is 5.38. The van der Waals surface area contributed by atoms with Crippen LogP contribution in [0.4, 0.5) is 0 Å². The molecule has 1 N–H and O–H groups in total. The van der Waals surface area contributed by atoms with Gasteiger partial charge in [-0.25, -0.2) is 4.79 Å². The van der Waals surface area contributed by atoms with E-state index in [0.29, 0.717) is 25.6 Å². The summed E-state index contributed by atoms with van der Waals surface area (Å²) in [4.78, 5) is 11.0. The molecule has 1 rings (SSSR count). The quantitative estimate of drug-likeness (QED) is 0.607. The summed E-state index contributed by atoms with van der Waals surface area (Å²) in [5.41, 5.74) is 0.202. The number of rotatable bonds is 7. The van der Waals surface area contributed by atoms with Crippen molar-refractivity contribution in [1.29, 1.82) is 0 Å². The fourth-order valence-electron chi connectivity index (χ4n) is 1.28. The normalized spacial score (nSPS) is 10.2. The van der Waals surface area contributed by atoms with Gasteiger partial charge in [0.05, 0.1) is 6.61 Å². The first-order valence-corrected chi connectivity index (χ1v) is 6.46. The van der Waals surface area contributed by atoms with Crippen molar-refractivity contribution >= 4 is 28.6 Å². The van der Waals surface area contributed by atoms with Gasteiger partial charge in [0.15, 0.2) is 0 Å². The Bertz CT molecular complexity index is 379. The van der Waals surface area contributed by atoms with E-state index in [-0.39, 0.29) is 5.56 Å². The molecule has 1 aromatic carbocycles. The van der Waals surface area contributed by atoms with Crippen LogP contribution in [-0.4, -0.2) is 30.9 Å². The van der Waals surface area contributed by atoms with Crippen molar-refractivity contribution in [3.05, 3.63) is 27.3 Å². The van der Waals surface area contributed by atoms with E-state index >= 15 is 0 Å². The van der Waals surface area contributed by atoms with Crippen LogP contribution < -0.4 is 4.74 Å². The monoisotopic (exact) mass is 350 g/mol. The number of benzene rings is 1. The third kappa shape index (κ3) is 4.91. The minimum absolute atomic E-state index is 0.202. The number of halogens is 1. The molecule has 0 bridgehead atoms. The molecule has 17 heavy (non-hydrogen) atoms. The average molecular weight is 350 g/mol. The zero-order valence-electron chi connectivity index (χ0n) is 9.61. The van der Waals surface area contributed by atoms with E-state index in [1.54, 1.807) is 12.1 Å². The summed E-state index contributed by atoms with van der Waals surface area (Å²) in [6.07, 6.45) is 0.749. The van der Waals surface area contributed by atoms with Gasteiger partial charge in [-0.1, -0.05) is 0 Å². The average Bonchev–Trinajstić information content (AvgIpc) is 2.30. The lowest BCUT2D eigenvalue weighted by atomic mass is 10.2. The van der Waals surface area contributed by atoms with E-state index in [9.17, 15) is 4.79 Å². The van der Waals surface area contributed by atoms with Gasteiger partial charge >= 0.3 is 5.97 Å². The van der Waals surface area contributed by atoms with Crippen LogP contribution in [0, 0.1) is 3.57 Å². The molecular formula is C12H15IO4. The van der Waals surface area contributed by atoms with Gasteiger partial charge in [-0.3, -0.25) is 0 Å². The fraction of sp³-hybridized carbons (Fsp3) is 0.417. The molecule has 0 aliphatic carbocycles. The molecule has 5 heteroatoms. The predicted molar refractivity (Wildman–Crippen MR) is 72.7 cm³/mol. The number of carbonyl (C=O) groups is 1. The van der Waals surface area contributed by atoms with Crippen LogP contribution in [0.25, 0.3) is 0 Å². The molecule has 4 nitrogen and oxygen atoms in total. The molecule has 0 saturated heterocycles. The summed E-state index contributed by atoms with van der Waals surface area (Å²) in [6, 6.07) is 5.11. The summed E-state index contributed by atoms with van der Waals surface area (Å²) < 4.78 is 11.5. The Morgan fingerprint density at radius 2 is 2.18 bits per heavy atom. The van der Waals surface area contributed by atoms with Gasteiger partial charge in [0.1, 0.15) is 11.3 Å². The van der Waals surface area contributed by atoms with Crippen LogP contribution in [0.1, 0.15) is 23.7 Å². The summed E-state index contributed by atoms with van der Waals surface area (Å²) in [7, 11) is 0. The maximum Gasteiger partial charge on any atom is 0.339 e. The van der Waals surface area contributed by atoms with Crippen molar-refractivity contribution < 1.29 is 19.4 Å². The van der Waals surface area contributed by atoms with E-state index in [1.807, 2.05) is 13.0 Å². The highest BCUT2D eigenvalue weighted by molar-refractivity contribution is 14.1. The van der Waals surface area contributed by atoms with Gasteiger partial charge in [0.2, 0.25) is 0 Å². The molecule has 0 heterocycles. The molecular weight excluding hydrogens is 335 g/mol. The molecule has 0 radical (unpaired) electrons. The van der Waals surface area contributed by atoms with Crippen LogP contribution in [0.3, 0.4) is 0 Å². The van der Waals surface area contributed by atoms with Crippen molar-refractivity contribution in [3.8, 4) is 5.75 Å². The Hall–Kier alpha value is -0.820. The van der Waals surface area contributed by atoms with Gasteiger partial charge in [0.25, 0.3) is 0 Å². The second kappa shape index (κ2) is 7.50. The van der Waals surface area contributed by atoms with Crippen LogP contribution in [0.2, 0.25) is 0 Å². The van der Waals surface area contributed by atoms with Crippen LogP contribution in [-0.2, 0) is 4.74 Å². The number of carboxylic acids is 1. The van der Waals surface area contributed by atoms with E-state index in [1.165, 1.54) is 0 Å². The maximum atomic E-state index is 11.0. The zero-order valence-corrected chi connectivity index (χ0v) is 11.8. The Kier molecular flexibility index (Phi) is 6.28. The Morgan fingerprint density at radius 3 is 2.82 bits per heavy atom. The summed E-state index contributed by atoms with van der Waals surface area (Å²) in [5.74, 6) is -0.558. The molecule has 0 aromatic heterocycles. The minimum Gasteiger partial charge on any atom is -0.493 e. The highest BCUT2D eigenvalue weighted by atomic mass is 127. The fourth-order valence-corrected chi connectivity index (χ4v) is 1.77. The van der Waals surface area contributed by atoms with Crippen molar-refractivity contribution in [1.82, 2.24) is 0 Å². The summed E-state index contributed by atoms with van der Waals surface area (Å²) >= 11 is 2.07. The van der Waals surface area contributed by atoms with Crippen molar-refractivity contribution in [3.63, 3.8) is 0 Å². The SMILES string of the molecule is CCOCCCOc1ccc(I)cc1C(=O)O. The smallest absolute Gasteiger partial charge is 0.339 e. The molecule has 0 aliphatic rings. The highest BCUT2D eigenvalue weighted by Crippen LogP contribution is 2.21. The van der Waals surface area contributed by atoms with E-state index in [4.69, 9.17) is 14.6 Å². The molecule has 0 atom stereocenters. The van der Waals surface area contributed by atoms with Crippen molar-refractivity contribution in [2.45, 2.75) is 13.3 Å². The Morgan fingerprint density at radius 1 is 1.41 bits per heavy atom. The molecule has 0 spiro atoms. The molecule has 1 aromatic rings. The third-order valence-electron chi connectivity index (χ3n) is 2.07. The number of hydrogen-bond acceptors (Lipinski definition) is 3. The van der Waals surface area contributed by atoms with Crippen LogP contribution in [0.15, 0.2) is 18.2 Å². The lowest BCUT2D eigenvalue weighted by Crippen LogP contribution is -2.07. The predicted octanol–water partition coefficient (Wildman–Crippen LogP) is 2.79. The second-order valence-corrected chi connectivity index (χ2v) is 4.59. The molecule has 0 fully saturated rings. The molecule has 0 saturated carbocycles. The van der Waals surface area contributed by atoms with Gasteiger partial charge in [-0.2, -0.15) is 0 Å². The van der Waals surface area contributed by atoms with Crippen molar-refractivity contribution in [2.75, 3.05) is 19.8 Å². The van der Waals surface area contributed by atoms with Gasteiger partial charge in [0, 0.05) is 23.2 Å².